The Hall–Kier alpha value is -0.530. The first-order valence-electron chi connectivity index (χ1n) is 7.09. The van der Waals surface area contributed by atoms with Crippen LogP contribution in [0.15, 0.2) is 0 Å². The summed E-state index contributed by atoms with van der Waals surface area (Å²) in [6.45, 7) is 10.8. The van der Waals surface area contributed by atoms with E-state index in [1.807, 2.05) is 6.92 Å². The van der Waals surface area contributed by atoms with Gasteiger partial charge in [-0.3, -0.25) is 4.79 Å². The topological polar surface area (TPSA) is 37.3 Å². The van der Waals surface area contributed by atoms with Crippen LogP contribution in [-0.2, 0) is 4.79 Å². The summed E-state index contributed by atoms with van der Waals surface area (Å²) in [7, 11) is 0. The number of rotatable bonds is 9. The minimum absolute atomic E-state index is 0.203. The molecule has 0 heterocycles. The standard InChI is InChI=1S/C15H30O2/c1-6-7-11(2)8-12(3)9-13(4)10-14(5)15(16)17/h11-14H,6-10H2,1-5H3,(H,16,17)/t11-,12-,13-,14+/m0/s1. The van der Waals surface area contributed by atoms with E-state index >= 15 is 0 Å². The van der Waals surface area contributed by atoms with Crippen molar-refractivity contribution in [2.75, 3.05) is 0 Å². The number of hydrogen-bond acceptors (Lipinski definition) is 1. The molecule has 1 N–H and O–H groups in total. The van der Waals surface area contributed by atoms with Crippen molar-refractivity contribution in [3.8, 4) is 0 Å². The summed E-state index contributed by atoms with van der Waals surface area (Å²) in [4.78, 5) is 10.8. The zero-order valence-corrected chi connectivity index (χ0v) is 12.2. The van der Waals surface area contributed by atoms with Gasteiger partial charge < -0.3 is 5.11 Å². The number of carboxylic acid groups (broad SMARTS) is 1. The minimum Gasteiger partial charge on any atom is -0.481 e. The van der Waals surface area contributed by atoms with Gasteiger partial charge in [0.05, 0.1) is 5.92 Å². The van der Waals surface area contributed by atoms with Crippen molar-refractivity contribution in [2.24, 2.45) is 23.7 Å². The van der Waals surface area contributed by atoms with Crippen molar-refractivity contribution in [2.45, 2.75) is 66.7 Å². The summed E-state index contributed by atoms with van der Waals surface area (Å²) in [5.41, 5.74) is 0. The molecule has 0 aliphatic carbocycles. The van der Waals surface area contributed by atoms with Crippen LogP contribution in [0.2, 0.25) is 0 Å². The molecule has 0 rings (SSSR count). The van der Waals surface area contributed by atoms with Gasteiger partial charge in [-0.1, -0.05) is 47.5 Å². The van der Waals surface area contributed by atoms with E-state index in [1.165, 1.54) is 19.3 Å². The van der Waals surface area contributed by atoms with E-state index in [2.05, 4.69) is 27.7 Å². The van der Waals surface area contributed by atoms with Gasteiger partial charge in [0, 0.05) is 0 Å². The van der Waals surface area contributed by atoms with Crippen LogP contribution in [0.3, 0.4) is 0 Å². The lowest BCUT2D eigenvalue weighted by Crippen LogP contribution is -2.15. The molecule has 0 saturated heterocycles. The Balaban J connectivity index is 3.86. The summed E-state index contributed by atoms with van der Waals surface area (Å²) >= 11 is 0. The van der Waals surface area contributed by atoms with Crippen LogP contribution < -0.4 is 0 Å². The molecule has 2 heteroatoms. The lowest BCUT2D eigenvalue weighted by molar-refractivity contribution is -0.141. The van der Waals surface area contributed by atoms with Gasteiger partial charge >= 0.3 is 5.97 Å². The third kappa shape index (κ3) is 8.23. The van der Waals surface area contributed by atoms with Gasteiger partial charge in [-0.25, -0.2) is 0 Å². The molecule has 0 aliphatic rings. The van der Waals surface area contributed by atoms with Gasteiger partial charge in [0.25, 0.3) is 0 Å². The molecule has 102 valence electrons. The average molecular weight is 242 g/mol. The van der Waals surface area contributed by atoms with Gasteiger partial charge in [0.1, 0.15) is 0 Å². The quantitative estimate of drug-likeness (QED) is 0.642. The second-order valence-electron chi connectivity index (χ2n) is 6.05. The lowest BCUT2D eigenvalue weighted by atomic mass is 9.85. The molecule has 0 radical (unpaired) electrons. The van der Waals surface area contributed by atoms with E-state index in [4.69, 9.17) is 5.11 Å². The average Bonchev–Trinajstić information content (AvgIpc) is 2.16. The van der Waals surface area contributed by atoms with E-state index < -0.39 is 5.97 Å². The van der Waals surface area contributed by atoms with Crippen molar-refractivity contribution < 1.29 is 9.90 Å². The monoisotopic (exact) mass is 242 g/mol. The third-order valence-corrected chi connectivity index (χ3v) is 3.57. The Bertz CT molecular complexity index is 213. The van der Waals surface area contributed by atoms with Crippen molar-refractivity contribution in [3.63, 3.8) is 0 Å². The van der Waals surface area contributed by atoms with Crippen LogP contribution in [0.4, 0.5) is 0 Å². The van der Waals surface area contributed by atoms with E-state index in [-0.39, 0.29) is 5.92 Å². The summed E-state index contributed by atoms with van der Waals surface area (Å²) in [5, 5.41) is 8.88. The third-order valence-electron chi connectivity index (χ3n) is 3.57. The zero-order chi connectivity index (χ0) is 13.4. The predicted molar refractivity (Wildman–Crippen MR) is 73.1 cm³/mol. The maximum Gasteiger partial charge on any atom is 0.306 e. The molecule has 0 spiro atoms. The SMILES string of the molecule is CCC[C@H](C)C[C@H](C)C[C@H](C)C[C@@H](C)C(=O)O. The predicted octanol–water partition coefficient (Wildman–Crippen LogP) is 4.59. The fourth-order valence-corrected chi connectivity index (χ4v) is 2.88. The number of aliphatic carboxylic acids is 1. The first-order chi connectivity index (χ1) is 7.86. The number of carbonyl (C=O) groups is 1. The smallest absolute Gasteiger partial charge is 0.306 e. The van der Waals surface area contributed by atoms with Gasteiger partial charge in [-0.15, -0.1) is 0 Å². The van der Waals surface area contributed by atoms with E-state index in [1.54, 1.807) is 0 Å². The maximum absolute atomic E-state index is 10.8. The highest BCUT2D eigenvalue weighted by molar-refractivity contribution is 5.69. The molecule has 0 saturated carbocycles. The highest BCUT2D eigenvalue weighted by atomic mass is 16.4. The fraction of sp³-hybridized carbons (Fsp3) is 0.933. The summed E-state index contributed by atoms with van der Waals surface area (Å²) in [6.07, 6.45) is 5.82. The Morgan fingerprint density at radius 1 is 0.941 bits per heavy atom. The highest BCUT2D eigenvalue weighted by Gasteiger charge is 2.17. The van der Waals surface area contributed by atoms with Crippen LogP contribution in [-0.4, -0.2) is 11.1 Å². The molecule has 0 aromatic rings. The Labute approximate surface area is 107 Å². The van der Waals surface area contributed by atoms with Crippen LogP contribution in [0.1, 0.15) is 66.7 Å². The Morgan fingerprint density at radius 2 is 1.41 bits per heavy atom. The van der Waals surface area contributed by atoms with Gasteiger partial charge in [-0.05, 0) is 37.0 Å². The van der Waals surface area contributed by atoms with E-state index in [0.29, 0.717) is 11.8 Å². The normalized spacial score (nSPS) is 18.4. The largest absolute Gasteiger partial charge is 0.481 e. The molecular formula is C15H30O2. The van der Waals surface area contributed by atoms with Gasteiger partial charge in [-0.2, -0.15) is 0 Å². The van der Waals surface area contributed by atoms with Crippen LogP contribution in [0, 0.1) is 23.7 Å². The maximum atomic E-state index is 10.8. The number of hydrogen-bond donors (Lipinski definition) is 1. The van der Waals surface area contributed by atoms with Gasteiger partial charge in [0.2, 0.25) is 0 Å². The second kappa shape index (κ2) is 8.54. The first kappa shape index (κ1) is 16.5. The van der Waals surface area contributed by atoms with Crippen LogP contribution in [0.5, 0.6) is 0 Å². The van der Waals surface area contributed by atoms with Crippen molar-refractivity contribution >= 4 is 5.97 Å². The van der Waals surface area contributed by atoms with Crippen molar-refractivity contribution in [3.05, 3.63) is 0 Å². The molecule has 17 heavy (non-hydrogen) atoms. The molecule has 0 amide bonds. The Morgan fingerprint density at radius 3 is 1.88 bits per heavy atom. The molecule has 4 atom stereocenters. The van der Waals surface area contributed by atoms with Crippen molar-refractivity contribution in [1.29, 1.82) is 0 Å². The van der Waals surface area contributed by atoms with Crippen LogP contribution in [0.25, 0.3) is 0 Å². The molecule has 0 aliphatic heterocycles. The van der Waals surface area contributed by atoms with Crippen LogP contribution >= 0.6 is 0 Å². The second-order valence-corrected chi connectivity index (χ2v) is 6.05. The van der Waals surface area contributed by atoms with E-state index in [9.17, 15) is 4.79 Å². The lowest BCUT2D eigenvalue weighted by Gasteiger charge is -2.21. The summed E-state index contributed by atoms with van der Waals surface area (Å²) < 4.78 is 0. The van der Waals surface area contributed by atoms with Gasteiger partial charge in [0.15, 0.2) is 0 Å². The molecule has 0 aromatic carbocycles. The molecule has 0 aromatic heterocycles. The summed E-state index contributed by atoms with van der Waals surface area (Å²) in [5.74, 6) is 1.17. The molecule has 2 nitrogen and oxygen atoms in total. The Kier molecular flexibility index (Phi) is 8.28. The zero-order valence-electron chi connectivity index (χ0n) is 12.2. The summed E-state index contributed by atoms with van der Waals surface area (Å²) in [6, 6.07) is 0. The molecule has 0 fully saturated rings. The highest BCUT2D eigenvalue weighted by Crippen LogP contribution is 2.25. The fourth-order valence-electron chi connectivity index (χ4n) is 2.88. The molecular weight excluding hydrogens is 212 g/mol. The minimum atomic E-state index is -0.663. The number of carboxylic acids is 1. The van der Waals surface area contributed by atoms with E-state index in [0.717, 1.165) is 18.8 Å². The molecule has 0 unspecified atom stereocenters. The molecule has 0 bridgehead atoms. The first-order valence-corrected chi connectivity index (χ1v) is 7.09. The van der Waals surface area contributed by atoms with Crippen molar-refractivity contribution in [1.82, 2.24) is 0 Å².